The monoisotopic (exact) mass is 190 g/mol. The summed E-state index contributed by atoms with van der Waals surface area (Å²) >= 11 is 5.79. The van der Waals surface area contributed by atoms with Crippen LogP contribution in [0.15, 0.2) is 54.9 Å². The van der Waals surface area contributed by atoms with Crippen molar-refractivity contribution in [2.45, 2.75) is 0 Å². The van der Waals surface area contributed by atoms with Gasteiger partial charge < -0.3 is 0 Å². The maximum atomic E-state index is 5.79. The molecule has 1 aromatic heterocycles. The average Bonchev–Trinajstić information content (AvgIpc) is 2.20. The standard InChI is InChI=1S/C11H9ClN/c12-10-6-8-13(9-7-10)11-4-2-1-3-5-11/h1-9H/q+1. The van der Waals surface area contributed by atoms with E-state index in [-0.39, 0.29) is 0 Å². The molecule has 0 fully saturated rings. The molecule has 0 unspecified atom stereocenters. The SMILES string of the molecule is Clc1cc[n+](-c2ccccc2)cc1. The lowest BCUT2D eigenvalue weighted by Gasteiger charge is -1.93. The number of aromatic nitrogens is 1. The van der Waals surface area contributed by atoms with E-state index >= 15 is 0 Å². The van der Waals surface area contributed by atoms with E-state index in [4.69, 9.17) is 11.6 Å². The molecule has 2 heteroatoms. The summed E-state index contributed by atoms with van der Waals surface area (Å²) in [6.07, 6.45) is 3.88. The van der Waals surface area contributed by atoms with E-state index in [1.807, 2.05) is 59.4 Å². The van der Waals surface area contributed by atoms with Crippen LogP contribution >= 0.6 is 11.6 Å². The Labute approximate surface area is 82.2 Å². The van der Waals surface area contributed by atoms with Crippen molar-refractivity contribution in [3.63, 3.8) is 0 Å². The van der Waals surface area contributed by atoms with Gasteiger partial charge in [-0.05, 0) is 0 Å². The third-order valence-electron chi connectivity index (χ3n) is 1.84. The number of rotatable bonds is 1. The van der Waals surface area contributed by atoms with E-state index in [9.17, 15) is 0 Å². The molecule has 0 saturated heterocycles. The van der Waals surface area contributed by atoms with Gasteiger partial charge >= 0.3 is 0 Å². The number of pyridine rings is 1. The quantitative estimate of drug-likeness (QED) is 0.609. The normalized spacial score (nSPS) is 9.92. The number of benzene rings is 1. The summed E-state index contributed by atoms with van der Waals surface area (Å²) in [6.45, 7) is 0. The summed E-state index contributed by atoms with van der Waals surface area (Å²) in [6, 6.07) is 13.9. The van der Waals surface area contributed by atoms with Crippen LogP contribution in [-0.2, 0) is 0 Å². The van der Waals surface area contributed by atoms with Gasteiger partial charge in [0.05, 0.1) is 5.02 Å². The smallest absolute Gasteiger partial charge is 0.167 e. The molecule has 64 valence electrons. The van der Waals surface area contributed by atoms with E-state index in [1.54, 1.807) is 0 Å². The van der Waals surface area contributed by atoms with Crippen LogP contribution in [0, 0.1) is 0 Å². The highest BCUT2D eigenvalue weighted by atomic mass is 35.5. The molecule has 0 aliphatic rings. The van der Waals surface area contributed by atoms with Crippen LogP contribution in [0.1, 0.15) is 0 Å². The van der Waals surface area contributed by atoms with E-state index in [0.29, 0.717) is 0 Å². The average molecular weight is 191 g/mol. The molecule has 13 heavy (non-hydrogen) atoms. The van der Waals surface area contributed by atoms with E-state index in [1.165, 1.54) is 0 Å². The highest BCUT2D eigenvalue weighted by molar-refractivity contribution is 6.30. The largest absolute Gasteiger partial charge is 0.210 e. The molecule has 1 aromatic carbocycles. The van der Waals surface area contributed by atoms with Crippen LogP contribution in [-0.4, -0.2) is 0 Å². The zero-order valence-corrected chi connectivity index (χ0v) is 7.78. The molecule has 0 N–H and O–H groups in total. The Hall–Kier alpha value is -1.34. The first-order valence-corrected chi connectivity index (χ1v) is 4.46. The first kappa shape index (κ1) is 8.27. The zero-order valence-electron chi connectivity index (χ0n) is 7.02. The molecule has 0 amide bonds. The van der Waals surface area contributed by atoms with Gasteiger partial charge in [0, 0.05) is 24.3 Å². The van der Waals surface area contributed by atoms with E-state index < -0.39 is 0 Å². The van der Waals surface area contributed by atoms with Crippen LogP contribution in [0.3, 0.4) is 0 Å². The van der Waals surface area contributed by atoms with Crippen molar-refractivity contribution in [1.29, 1.82) is 0 Å². The lowest BCUT2D eigenvalue weighted by molar-refractivity contribution is -0.595. The van der Waals surface area contributed by atoms with Crippen LogP contribution in [0.4, 0.5) is 0 Å². The van der Waals surface area contributed by atoms with Crippen molar-refractivity contribution in [3.05, 3.63) is 59.9 Å². The maximum absolute atomic E-state index is 5.79. The van der Waals surface area contributed by atoms with Crippen molar-refractivity contribution in [3.8, 4) is 5.69 Å². The summed E-state index contributed by atoms with van der Waals surface area (Å²) < 4.78 is 2.02. The van der Waals surface area contributed by atoms with Gasteiger partial charge in [-0.3, -0.25) is 0 Å². The third kappa shape index (κ3) is 1.87. The highest BCUT2D eigenvalue weighted by Crippen LogP contribution is 2.04. The molecule has 0 spiro atoms. The summed E-state index contributed by atoms with van der Waals surface area (Å²) in [5.41, 5.74) is 1.14. The predicted molar refractivity (Wildman–Crippen MR) is 53.0 cm³/mol. The molecular formula is C11H9ClN+. The topological polar surface area (TPSA) is 3.88 Å². The van der Waals surface area contributed by atoms with E-state index in [0.717, 1.165) is 10.7 Å². The number of para-hydroxylation sites is 1. The van der Waals surface area contributed by atoms with Gasteiger partial charge in [-0.15, -0.1) is 0 Å². The summed E-state index contributed by atoms with van der Waals surface area (Å²) in [7, 11) is 0. The highest BCUT2D eigenvalue weighted by Gasteiger charge is 2.02. The fourth-order valence-electron chi connectivity index (χ4n) is 1.18. The van der Waals surface area contributed by atoms with Gasteiger partial charge in [-0.2, -0.15) is 4.57 Å². The minimum atomic E-state index is 0.757. The molecule has 0 saturated carbocycles. The van der Waals surface area contributed by atoms with Crippen molar-refractivity contribution in [1.82, 2.24) is 0 Å². The lowest BCUT2D eigenvalue weighted by Crippen LogP contribution is -2.28. The molecular weight excluding hydrogens is 182 g/mol. The molecule has 0 aliphatic heterocycles. The molecule has 0 atom stereocenters. The fourth-order valence-corrected chi connectivity index (χ4v) is 1.29. The molecule has 2 rings (SSSR count). The van der Waals surface area contributed by atoms with Crippen molar-refractivity contribution < 1.29 is 4.57 Å². The van der Waals surface area contributed by atoms with Crippen LogP contribution in [0.25, 0.3) is 5.69 Å². The van der Waals surface area contributed by atoms with Crippen LogP contribution in [0.5, 0.6) is 0 Å². The molecule has 0 aliphatic carbocycles. The van der Waals surface area contributed by atoms with Gasteiger partial charge in [0.15, 0.2) is 12.4 Å². The molecule has 0 bridgehead atoms. The second kappa shape index (κ2) is 3.58. The zero-order chi connectivity index (χ0) is 9.10. The Morgan fingerprint density at radius 1 is 0.846 bits per heavy atom. The number of hydrogen-bond donors (Lipinski definition) is 0. The minimum absolute atomic E-state index is 0.757. The van der Waals surface area contributed by atoms with E-state index in [2.05, 4.69) is 0 Å². The van der Waals surface area contributed by atoms with Gasteiger partial charge in [0.1, 0.15) is 0 Å². The Morgan fingerprint density at radius 3 is 2.08 bits per heavy atom. The predicted octanol–water partition coefficient (Wildman–Crippen LogP) is 2.62. The van der Waals surface area contributed by atoms with Crippen molar-refractivity contribution in [2.75, 3.05) is 0 Å². The lowest BCUT2D eigenvalue weighted by atomic mass is 10.3. The van der Waals surface area contributed by atoms with Gasteiger partial charge in [0.25, 0.3) is 0 Å². The fraction of sp³-hybridized carbons (Fsp3) is 0. The third-order valence-corrected chi connectivity index (χ3v) is 2.10. The molecule has 2 aromatic rings. The van der Waals surface area contributed by atoms with Crippen molar-refractivity contribution in [2.24, 2.45) is 0 Å². The van der Waals surface area contributed by atoms with Crippen LogP contribution in [0.2, 0.25) is 5.02 Å². The Kier molecular flexibility index (Phi) is 2.28. The summed E-state index contributed by atoms with van der Waals surface area (Å²) in [5.74, 6) is 0. The first-order valence-electron chi connectivity index (χ1n) is 4.08. The number of hydrogen-bond acceptors (Lipinski definition) is 0. The Balaban J connectivity index is 2.42. The van der Waals surface area contributed by atoms with Crippen LogP contribution < -0.4 is 4.57 Å². The van der Waals surface area contributed by atoms with Gasteiger partial charge in [-0.1, -0.05) is 29.8 Å². The van der Waals surface area contributed by atoms with Gasteiger partial charge in [-0.25, -0.2) is 0 Å². The molecule has 1 nitrogen and oxygen atoms in total. The number of nitrogens with zero attached hydrogens (tertiary/aromatic N) is 1. The van der Waals surface area contributed by atoms with Gasteiger partial charge in [0.2, 0.25) is 5.69 Å². The Bertz CT molecular complexity index is 381. The summed E-state index contributed by atoms with van der Waals surface area (Å²) in [4.78, 5) is 0. The maximum Gasteiger partial charge on any atom is 0.210 e. The molecule has 1 heterocycles. The molecule has 0 radical (unpaired) electrons. The Morgan fingerprint density at radius 2 is 1.46 bits per heavy atom. The summed E-state index contributed by atoms with van der Waals surface area (Å²) in [5, 5.41) is 0.757. The van der Waals surface area contributed by atoms with Crippen molar-refractivity contribution >= 4 is 11.6 Å². The first-order chi connectivity index (χ1) is 6.36. The number of halogens is 1. The second-order valence-corrected chi connectivity index (χ2v) is 3.20. The second-order valence-electron chi connectivity index (χ2n) is 2.76. The minimum Gasteiger partial charge on any atom is -0.167 e.